The molecule has 2 aromatic rings. The van der Waals surface area contributed by atoms with Crippen molar-refractivity contribution in [2.75, 3.05) is 18.5 Å². The van der Waals surface area contributed by atoms with Gasteiger partial charge in [-0.1, -0.05) is 43.8 Å². The summed E-state index contributed by atoms with van der Waals surface area (Å²) in [6.45, 7) is 3.26. The van der Waals surface area contributed by atoms with Gasteiger partial charge in [-0.05, 0) is 41.8 Å². The highest BCUT2D eigenvalue weighted by Gasteiger charge is 2.12. The molecule has 8 heteroatoms. The van der Waals surface area contributed by atoms with E-state index < -0.39 is 24.2 Å². The number of halogens is 2. The van der Waals surface area contributed by atoms with E-state index in [0.29, 0.717) is 28.1 Å². The molecule has 0 heterocycles. The molecule has 1 N–H and O–H groups in total. The number of rotatable bonds is 9. The zero-order chi connectivity index (χ0) is 20.5. The summed E-state index contributed by atoms with van der Waals surface area (Å²) in [5.41, 5.74) is 1.39. The lowest BCUT2D eigenvalue weighted by Crippen LogP contribution is -2.23. The zero-order valence-corrected chi connectivity index (χ0v) is 16.3. The van der Waals surface area contributed by atoms with Crippen molar-refractivity contribution in [2.24, 2.45) is 0 Å². The summed E-state index contributed by atoms with van der Waals surface area (Å²) in [6, 6.07) is 13.3. The van der Waals surface area contributed by atoms with Gasteiger partial charge in [0.25, 0.3) is 11.7 Å². The first kappa shape index (κ1) is 21.7. The molecule has 0 saturated heterocycles. The Kier molecular flexibility index (Phi) is 8.25. The number of benzene rings is 2. The maximum absolute atomic E-state index is 12.3. The highest BCUT2D eigenvalue weighted by molar-refractivity contribution is 7.99. The summed E-state index contributed by atoms with van der Waals surface area (Å²) in [6.07, 6.45) is 0. The van der Waals surface area contributed by atoms with Gasteiger partial charge in [-0.25, -0.2) is 4.79 Å². The van der Waals surface area contributed by atoms with Gasteiger partial charge in [-0.15, -0.1) is 0 Å². The number of ether oxygens (including phenoxy) is 2. The molecule has 2 rings (SSSR count). The Balaban J connectivity index is 1.76. The summed E-state index contributed by atoms with van der Waals surface area (Å²) >= 11 is 0.417. The number of hydrogen-bond acceptors (Lipinski definition) is 5. The standard InChI is InChI=1S/C20H21F2NO4S/c1-13(2)16-5-3-4-6-17(16)26-12-19(25)27-11-18(24)23-14-7-9-15(10-8-14)28-20(21)22/h3-10,13,20H,11-12H2,1-2H3,(H,23,24). The fourth-order valence-electron chi connectivity index (χ4n) is 2.33. The minimum absolute atomic E-state index is 0.239. The molecule has 0 saturated carbocycles. The molecule has 0 atom stereocenters. The molecule has 0 aliphatic carbocycles. The Morgan fingerprint density at radius 1 is 1.04 bits per heavy atom. The first-order valence-corrected chi connectivity index (χ1v) is 9.45. The van der Waals surface area contributed by atoms with Crippen LogP contribution in [0, 0.1) is 0 Å². The first-order valence-electron chi connectivity index (χ1n) is 8.57. The minimum atomic E-state index is -2.51. The van der Waals surface area contributed by atoms with Crippen LogP contribution in [0.5, 0.6) is 5.75 Å². The number of amides is 1. The highest BCUT2D eigenvalue weighted by Crippen LogP contribution is 2.26. The number of alkyl halides is 2. The van der Waals surface area contributed by atoms with Crippen molar-refractivity contribution in [1.29, 1.82) is 0 Å². The van der Waals surface area contributed by atoms with Crippen LogP contribution >= 0.6 is 11.8 Å². The van der Waals surface area contributed by atoms with Crippen molar-refractivity contribution in [3.8, 4) is 5.75 Å². The second kappa shape index (κ2) is 10.7. The van der Waals surface area contributed by atoms with Crippen molar-refractivity contribution in [1.82, 2.24) is 0 Å². The summed E-state index contributed by atoms with van der Waals surface area (Å²) < 4.78 is 34.9. The molecule has 0 aliphatic rings. The van der Waals surface area contributed by atoms with E-state index in [1.807, 2.05) is 32.0 Å². The number of carbonyl (C=O) groups is 2. The van der Waals surface area contributed by atoms with Crippen LogP contribution in [-0.2, 0) is 14.3 Å². The molecule has 0 aliphatic heterocycles. The molecule has 0 fully saturated rings. The summed E-state index contributed by atoms with van der Waals surface area (Å²) in [7, 11) is 0. The molecule has 0 bridgehead atoms. The Morgan fingerprint density at radius 2 is 1.71 bits per heavy atom. The van der Waals surface area contributed by atoms with Gasteiger partial charge < -0.3 is 14.8 Å². The van der Waals surface area contributed by atoms with Gasteiger partial charge >= 0.3 is 5.97 Å². The first-order chi connectivity index (χ1) is 13.3. The lowest BCUT2D eigenvalue weighted by atomic mass is 10.0. The van der Waals surface area contributed by atoms with Gasteiger partial charge in [0.15, 0.2) is 13.2 Å². The van der Waals surface area contributed by atoms with Crippen LogP contribution in [0.4, 0.5) is 14.5 Å². The number of para-hydroxylation sites is 1. The zero-order valence-electron chi connectivity index (χ0n) is 15.5. The van der Waals surface area contributed by atoms with Crippen LogP contribution in [0.15, 0.2) is 53.4 Å². The number of nitrogens with one attached hydrogen (secondary N) is 1. The molecule has 2 aromatic carbocycles. The van der Waals surface area contributed by atoms with Gasteiger partial charge in [0.2, 0.25) is 0 Å². The van der Waals surface area contributed by atoms with Crippen molar-refractivity contribution in [3.63, 3.8) is 0 Å². The van der Waals surface area contributed by atoms with Crippen molar-refractivity contribution in [2.45, 2.75) is 30.4 Å². The van der Waals surface area contributed by atoms with E-state index in [1.54, 1.807) is 6.07 Å². The Bertz CT molecular complexity index is 797. The van der Waals surface area contributed by atoms with Crippen LogP contribution in [0.3, 0.4) is 0 Å². The van der Waals surface area contributed by atoms with Crippen LogP contribution < -0.4 is 10.1 Å². The highest BCUT2D eigenvalue weighted by atomic mass is 32.2. The fraction of sp³-hybridized carbons (Fsp3) is 0.300. The largest absolute Gasteiger partial charge is 0.482 e. The summed E-state index contributed by atoms with van der Waals surface area (Å²) in [5.74, 6) is -2.87. The van der Waals surface area contributed by atoms with E-state index in [2.05, 4.69) is 5.32 Å². The smallest absolute Gasteiger partial charge is 0.344 e. The van der Waals surface area contributed by atoms with E-state index >= 15 is 0 Å². The normalized spacial score (nSPS) is 10.8. The van der Waals surface area contributed by atoms with Gasteiger partial charge in [-0.3, -0.25) is 4.79 Å². The monoisotopic (exact) mass is 409 g/mol. The van der Waals surface area contributed by atoms with Crippen LogP contribution in [0.2, 0.25) is 0 Å². The second-order valence-corrected chi connectivity index (χ2v) is 7.16. The average molecular weight is 409 g/mol. The summed E-state index contributed by atoms with van der Waals surface area (Å²) in [4.78, 5) is 24.0. The predicted molar refractivity (Wildman–Crippen MR) is 104 cm³/mol. The molecular weight excluding hydrogens is 388 g/mol. The minimum Gasteiger partial charge on any atom is -0.482 e. The van der Waals surface area contributed by atoms with Crippen molar-refractivity contribution < 1.29 is 27.8 Å². The molecule has 150 valence electrons. The van der Waals surface area contributed by atoms with Crippen molar-refractivity contribution in [3.05, 3.63) is 54.1 Å². The van der Waals surface area contributed by atoms with Gasteiger partial charge in [-0.2, -0.15) is 8.78 Å². The third-order valence-corrected chi connectivity index (χ3v) is 4.34. The number of hydrogen-bond donors (Lipinski definition) is 1. The van der Waals surface area contributed by atoms with Crippen LogP contribution in [0.1, 0.15) is 25.3 Å². The molecule has 1 amide bonds. The van der Waals surface area contributed by atoms with Crippen molar-refractivity contribution >= 4 is 29.3 Å². The lowest BCUT2D eigenvalue weighted by Gasteiger charge is -2.13. The average Bonchev–Trinajstić information content (AvgIpc) is 2.66. The molecule has 0 radical (unpaired) electrons. The number of anilines is 1. The SMILES string of the molecule is CC(C)c1ccccc1OCC(=O)OCC(=O)Nc1ccc(SC(F)F)cc1. The topological polar surface area (TPSA) is 64.6 Å². The number of esters is 1. The maximum atomic E-state index is 12.3. The Hall–Kier alpha value is -2.61. The van der Waals surface area contributed by atoms with Crippen LogP contribution in [0.25, 0.3) is 0 Å². The van der Waals surface area contributed by atoms with E-state index in [0.717, 1.165) is 5.56 Å². The van der Waals surface area contributed by atoms with Gasteiger partial charge in [0.1, 0.15) is 5.75 Å². The number of thioether (sulfide) groups is 1. The maximum Gasteiger partial charge on any atom is 0.344 e. The Morgan fingerprint density at radius 3 is 2.36 bits per heavy atom. The molecule has 0 aromatic heterocycles. The van der Waals surface area contributed by atoms with Gasteiger partial charge in [0, 0.05) is 10.6 Å². The van der Waals surface area contributed by atoms with E-state index in [4.69, 9.17) is 9.47 Å². The fourth-order valence-corrected chi connectivity index (χ4v) is 2.83. The van der Waals surface area contributed by atoms with E-state index in [9.17, 15) is 18.4 Å². The lowest BCUT2D eigenvalue weighted by molar-refractivity contribution is -0.149. The van der Waals surface area contributed by atoms with E-state index in [1.165, 1.54) is 24.3 Å². The van der Waals surface area contributed by atoms with Crippen LogP contribution in [-0.4, -0.2) is 30.8 Å². The predicted octanol–water partition coefficient (Wildman–Crippen LogP) is 4.69. The van der Waals surface area contributed by atoms with E-state index in [-0.39, 0.29) is 12.5 Å². The molecule has 28 heavy (non-hydrogen) atoms. The molecular formula is C20H21F2NO4S. The second-order valence-electron chi connectivity index (χ2n) is 6.09. The molecule has 0 spiro atoms. The Labute approximate surface area is 166 Å². The molecule has 5 nitrogen and oxygen atoms in total. The molecule has 0 unspecified atom stereocenters. The third kappa shape index (κ3) is 7.19. The van der Waals surface area contributed by atoms with Gasteiger partial charge in [0.05, 0.1) is 0 Å². The third-order valence-electron chi connectivity index (χ3n) is 3.61. The summed E-state index contributed by atoms with van der Waals surface area (Å²) in [5, 5.41) is 2.52. The number of carbonyl (C=O) groups excluding carboxylic acids is 2. The quantitative estimate of drug-likeness (QED) is 0.481.